The van der Waals surface area contributed by atoms with Gasteiger partial charge in [-0.2, -0.15) is 4.68 Å². The molecule has 0 saturated carbocycles. The minimum Gasteiger partial charge on any atom is -0.374 e. The van der Waals surface area contributed by atoms with Crippen molar-refractivity contribution >= 4 is 40.5 Å². The Balaban J connectivity index is 1.64. The summed E-state index contributed by atoms with van der Waals surface area (Å²) in [6, 6.07) is 9.37. The number of hydrogen-bond acceptors (Lipinski definition) is 9. The van der Waals surface area contributed by atoms with Gasteiger partial charge in [0.2, 0.25) is 11.0 Å². The van der Waals surface area contributed by atoms with E-state index < -0.39 is 0 Å². The van der Waals surface area contributed by atoms with Crippen LogP contribution in [-0.4, -0.2) is 43.6 Å². The smallest absolute Gasteiger partial charge is 0.239 e. The van der Waals surface area contributed by atoms with Crippen molar-refractivity contribution in [2.75, 3.05) is 23.9 Å². The monoisotopic (exact) mass is 417 g/mol. The van der Waals surface area contributed by atoms with Crippen molar-refractivity contribution in [3.8, 4) is 11.6 Å². The van der Waals surface area contributed by atoms with Gasteiger partial charge in [0.15, 0.2) is 5.11 Å². The largest absolute Gasteiger partial charge is 0.374 e. The van der Waals surface area contributed by atoms with E-state index in [1.165, 1.54) is 11.8 Å². The molecule has 0 atom stereocenters. The molecule has 0 aliphatic rings. The second-order valence-electron chi connectivity index (χ2n) is 5.49. The van der Waals surface area contributed by atoms with E-state index >= 15 is 0 Å². The lowest BCUT2D eigenvalue weighted by atomic mass is 10.2. The number of nitrogens with zero attached hydrogens (tertiary/aromatic N) is 5. The third kappa shape index (κ3) is 4.92. The standard InChI is InChI=1S/C16H19N9OS2/c1-10-8-12(25-16(28-3)21-22-23-25)5-6-13(10)20-15(27)19-11-4-7-14(18-9-11)26-24-17-2/h4-9,17,24H,1-3H3,(H2,19,20,27). The highest BCUT2D eigenvalue weighted by Crippen LogP contribution is 2.22. The molecule has 0 aliphatic carbocycles. The van der Waals surface area contributed by atoms with Crippen LogP contribution >= 0.6 is 24.0 Å². The molecule has 10 nitrogen and oxygen atoms in total. The Kier molecular flexibility index (Phi) is 6.71. The van der Waals surface area contributed by atoms with E-state index in [1.54, 1.807) is 24.0 Å². The van der Waals surface area contributed by atoms with E-state index in [9.17, 15) is 0 Å². The molecule has 1 aromatic carbocycles. The molecule has 0 amide bonds. The van der Waals surface area contributed by atoms with Crippen LogP contribution in [0.25, 0.3) is 5.69 Å². The van der Waals surface area contributed by atoms with Crippen molar-refractivity contribution < 1.29 is 4.84 Å². The average molecular weight is 418 g/mol. The Hall–Kier alpha value is -2.80. The van der Waals surface area contributed by atoms with Gasteiger partial charge in [-0.15, -0.1) is 5.10 Å². The normalized spacial score (nSPS) is 10.5. The number of nitrogens with one attached hydrogen (secondary N) is 4. The lowest BCUT2D eigenvalue weighted by molar-refractivity contribution is 0.152. The van der Waals surface area contributed by atoms with Crippen molar-refractivity contribution in [1.82, 2.24) is 36.2 Å². The number of pyridine rings is 1. The summed E-state index contributed by atoms with van der Waals surface area (Å²) in [5.41, 5.74) is 8.64. The maximum absolute atomic E-state index is 5.39. The van der Waals surface area contributed by atoms with Crippen LogP contribution in [-0.2, 0) is 0 Å². The predicted octanol–water partition coefficient (Wildman–Crippen LogP) is 1.91. The van der Waals surface area contributed by atoms with Crippen LogP contribution in [0.3, 0.4) is 0 Å². The first-order valence-electron chi connectivity index (χ1n) is 8.16. The Morgan fingerprint density at radius 1 is 1.21 bits per heavy atom. The van der Waals surface area contributed by atoms with Crippen LogP contribution in [0.2, 0.25) is 0 Å². The molecule has 2 heterocycles. The van der Waals surface area contributed by atoms with Crippen molar-refractivity contribution in [2.45, 2.75) is 12.1 Å². The number of rotatable bonds is 7. The van der Waals surface area contributed by atoms with Crippen LogP contribution in [0.1, 0.15) is 5.56 Å². The quantitative estimate of drug-likeness (QED) is 0.257. The van der Waals surface area contributed by atoms with Crippen LogP contribution < -0.4 is 26.5 Å². The number of hydrazine groups is 1. The molecule has 12 heteroatoms. The van der Waals surface area contributed by atoms with Crippen molar-refractivity contribution in [1.29, 1.82) is 0 Å². The fourth-order valence-corrected chi connectivity index (χ4v) is 2.95. The van der Waals surface area contributed by atoms with Crippen LogP contribution in [0, 0.1) is 6.92 Å². The van der Waals surface area contributed by atoms with Gasteiger partial charge >= 0.3 is 0 Å². The Morgan fingerprint density at radius 3 is 2.75 bits per heavy atom. The summed E-state index contributed by atoms with van der Waals surface area (Å²) >= 11 is 6.87. The molecule has 3 aromatic rings. The first kappa shape index (κ1) is 19.9. The van der Waals surface area contributed by atoms with Crippen LogP contribution in [0.5, 0.6) is 5.88 Å². The zero-order valence-corrected chi connectivity index (χ0v) is 17.1. The van der Waals surface area contributed by atoms with Crippen LogP contribution in [0.15, 0.2) is 41.7 Å². The number of anilines is 2. The second kappa shape index (κ2) is 9.41. The molecule has 2 aromatic heterocycles. The zero-order valence-electron chi connectivity index (χ0n) is 15.4. The molecule has 0 spiro atoms. The van der Waals surface area contributed by atoms with Gasteiger partial charge in [-0.3, -0.25) is 0 Å². The van der Waals surface area contributed by atoms with Crippen molar-refractivity contribution in [2.24, 2.45) is 0 Å². The SMILES string of the molecule is CNNOc1ccc(NC(=S)Nc2ccc(-n3nnnc3SC)cc2C)cn1. The highest BCUT2D eigenvalue weighted by Gasteiger charge is 2.09. The van der Waals surface area contributed by atoms with Gasteiger partial charge in [0.05, 0.1) is 17.6 Å². The Morgan fingerprint density at radius 2 is 2.07 bits per heavy atom. The fourth-order valence-electron chi connectivity index (χ4n) is 2.29. The zero-order chi connectivity index (χ0) is 19.9. The third-order valence-corrected chi connectivity index (χ3v) is 4.40. The van der Waals surface area contributed by atoms with Gasteiger partial charge in [-0.05, 0) is 65.7 Å². The van der Waals surface area contributed by atoms with E-state index in [0.717, 1.165) is 27.8 Å². The number of tetrazole rings is 1. The molecule has 0 fully saturated rings. The summed E-state index contributed by atoms with van der Waals surface area (Å²) in [6.07, 6.45) is 3.55. The summed E-state index contributed by atoms with van der Waals surface area (Å²) in [4.78, 5) is 9.27. The molecule has 3 rings (SSSR count). The maximum Gasteiger partial charge on any atom is 0.239 e. The van der Waals surface area contributed by atoms with Gasteiger partial charge < -0.3 is 15.5 Å². The molecule has 0 radical (unpaired) electrons. The lowest BCUT2D eigenvalue weighted by Crippen LogP contribution is -2.31. The van der Waals surface area contributed by atoms with Crippen LogP contribution in [0.4, 0.5) is 11.4 Å². The van der Waals surface area contributed by atoms with Gasteiger partial charge in [-0.1, -0.05) is 17.4 Å². The number of thioether (sulfide) groups is 1. The molecule has 4 N–H and O–H groups in total. The summed E-state index contributed by atoms with van der Waals surface area (Å²) < 4.78 is 1.69. The highest BCUT2D eigenvalue weighted by atomic mass is 32.2. The van der Waals surface area contributed by atoms with E-state index in [0.29, 0.717) is 11.0 Å². The van der Waals surface area contributed by atoms with Gasteiger partial charge in [-0.25, -0.2) is 10.4 Å². The van der Waals surface area contributed by atoms with Crippen molar-refractivity contribution in [3.05, 3.63) is 42.1 Å². The van der Waals surface area contributed by atoms with E-state index in [-0.39, 0.29) is 0 Å². The maximum atomic E-state index is 5.39. The molecule has 0 unspecified atom stereocenters. The number of thiocarbonyl (C=S) groups is 1. The molecule has 0 aliphatic heterocycles. The second-order valence-corrected chi connectivity index (χ2v) is 6.68. The minimum atomic E-state index is 0.428. The van der Waals surface area contributed by atoms with E-state index in [2.05, 4.69) is 42.2 Å². The Labute approximate surface area is 171 Å². The third-order valence-electron chi connectivity index (χ3n) is 3.58. The first-order valence-corrected chi connectivity index (χ1v) is 9.80. The predicted molar refractivity (Wildman–Crippen MR) is 113 cm³/mol. The van der Waals surface area contributed by atoms with Gasteiger partial charge in [0.1, 0.15) is 0 Å². The van der Waals surface area contributed by atoms with E-state index in [1.807, 2.05) is 37.4 Å². The number of aromatic nitrogens is 5. The summed E-state index contributed by atoms with van der Waals surface area (Å²) in [5.74, 6) is 0.428. The molecule has 146 valence electrons. The topological polar surface area (TPSA) is 114 Å². The average Bonchev–Trinajstić information content (AvgIpc) is 3.18. The highest BCUT2D eigenvalue weighted by molar-refractivity contribution is 7.98. The Bertz CT molecular complexity index is 946. The molecular weight excluding hydrogens is 398 g/mol. The van der Waals surface area contributed by atoms with E-state index in [4.69, 9.17) is 17.1 Å². The van der Waals surface area contributed by atoms with Gasteiger partial charge in [0, 0.05) is 18.8 Å². The lowest BCUT2D eigenvalue weighted by Gasteiger charge is -2.14. The summed E-state index contributed by atoms with van der Waals surface area (Å²) in [5, 5.41) is 19.2. The molecule has 28 heavy (non-hydrogen) atoms. The summed E-state index contributed by atoms with van der Waals surface area (Å²) in [6.45, 7) is 1.99. The minimum absolute atomic E-state index is 0.428. The molecule has 0 bridgehead atoms. The summed E-state index contributed by atoms with van der Waals surface area (Å²) in [7, 11) is 1.69. The first-order chi connectivity index (χ1) is 13.6. The fraction of sp³-hybridized carbons (Fsp3) is 0.188. The van der Waals surface area contributed by atoms with Gasteiger partial charge in [0.25, 0.3) is 0 Å². The van der Waals surface area contributed by atoms with Crippen molar-refractivity contribution in [3.63, 3.8) is 0 Å². The molecule has 0 saturated heterocycles. The number of benzene rings is 1. The molecular formula is C16H19N9OS2. The number of aryl methyl sites for hydroxylation is 1. The number of hydrogen-bond donors (Lipinski definition) is 4.